The van der Waals surface area contributed by atoms with Crippen LogP contribution in [0.2, 0.25) is 0 Å². The van der Waals surface area contributed by atoms with E-state index in [1.165, 1.54) is 27.6 Å². The Morgan fingerprint density at radius 3 is 2.26 bits per heavy atom. The molecule has 94 valence electrons. The van der Waals surface area contributed by atoms with Gasteiger partial charge in [-0.25, -0.2) is 0 Å². The van der Waals surface area contributed by atoms with Crippen molar-refractivity contribution in [3.8, 4) is 11.1 Å². The monoisotopic (exact) mass is 247 g/mol. The lowest BCUT2D eigenvalue weighted by Crippen LogP contribution is -1.90. The van der Waals surface area contributed by atoms with Crippen molar-refractivity contribution in [2.75, 3.05) is 5.73 Å². The normalized spacial score (nSPS) is 10.8. The van der Waals surface area contributed by atoms with Crippen LogP contribution in [0.15, 0.2) is 54.6 Å². The minimum absolute atomic E-state index is 0.837. The first-order valence-corrected chi connectivity index (χ1v) is 6.51. The number of fused-ring (bicyclic) bond motifs is 1. The Morgan fingerprint density at radius 1 is 0.737 bits per heavy atom. The smallest absolute Gasteiger partial charge is 0.0393 e. The molecule has 3 rings (SSSR count). The Hall–Kier alpha value is -2.28. The van der Waals surface area contributed by atoms with Crippen molar-refractivity contribution in [3.63, 3.8) is 0 Å². The first-order chi connectivity index (χ1) is 9.16. The van der Waals surface area contributed by atoms with Crippen molar-refractivity contribution in [1.82, 2.24) is 0 Å². The average Bonchev–Trinajstić information content (AvgIpc) is 2.39. The molecule has 0 amide bonds. The van der Waals surface area contributed by atoms with Crippen molar-refractivity contribution in [3.05, 3.63) is 65.7 Å². The summed E-state index contributed by atoms with van der Waals surface area (Å²) >= 11 is 0. The van der Waals surface area contributed by atoms with E-state index < -0.39 is 0 Å². The van der Waals surface area contributed by atoms with Gasteiger partial charge in [-0.15, -0.1) is 0 Å². The van der Waals surface area contributed by atoms with Crippen LogP contribution in [0.1, 0.15) is 11.1 Å². The van der Waals surface area contributed by atoms with Crippen molar-refractivity contribution >= 4 is 16.5 Å². The third-order valence-corrected chi connectivity index (χ3v) is 3.63. The molecule has 0 bridgehead atoms. The highest BCUT2D eigenvalue weighted by molar-refractivity contribution is 6.02. The molecule has 19 heavy (non-hydrogen) atoms. The van der Waals surface area contributed by atoms with Gasteiger partial charge in [0.15, 0.2) is 0 Å². The number of nitrogens with two attached hydrogens (primary N) is 1. The lowest BCUT2D eigenvalue weighted by atomic mass is 9.94. The van der Waals surface area contributed by atoms with Crippen LogP contribution in [0, 0.1) is 13.8 Å². The van der Waals surface area contributed by atoms with Crippen LogP contribution in [0.3, 0.4) is 0 Å². The van der Waals surface area contributed by atoms with E-state index in [4.69, 9.17) is 5.73 Å². The average molecular weight is 247 g/mol. The van der Waals surface area contributed by atoms with Crippen molar-refractivity contribution in [1.29, 1.82) is 0 Å². The molecule has 0 aromatic heterocycles. The molecule has 0 radical (unpaired) electrons. The predicted molar refractivity (Wildman–Crippen MR) is 83.3 cm³/mol. The number of rotatable bonds is 1. The van der Waals surface area contributed by atoms with Gasteiger partial charge >= 0.3 is 0 Å². The number of aryl methyl sites for hydroxylation is 2. The van der Waals surface area contributed by atoms with Gasteiger partial charge in [-0.3, -0.25) is 0 Å². The zero-order valence-corrected chi connectivity index (χ0v) is 11.3. The van der Waals surface area contributed by atoms with Crippen LogP contribution in [0.25, 0.3) is 21.9 Å². The molecule has 0 heterocycles. The maximum absolute atomic E-state index is 6.07. The second kappa shape index (κ2) is 4.43. The highest BCUT2D eigenvalue weighted by atomic mass is 14.5. The summed E-state index contributed by atoms with van der Waals surface area (Å²) in [5, 5.41) is 2.34. The molecular weight excluding hydrogens is 230 g/mol. The SMILES string of the molecule is Cc1ccc(-c2cccc3c(N)cccc23)c(C)c1. The third kappa shape index (κ3) is 1.97. The first kappa shape index (κ1) is 11.8. The van der Waals surface area contributed by atoms with Crippen LogP contribution < -0.4 is 5.73 Å². The quantitative estimate of drug-likeness (QED) is 0.619. The second-order valence-corrected chi connectivity index (χ2v) is 5.07. The van der Waals surface area contributed by atoms with E-state index in [1.807, 2.05) is 12.1 Å². The molecule has 3 aromatic carbocycles. The van der Waals surface area contributed by atoms with E-state index in [0.29, 0.717) is 0 Å². The summed E-state index contributed by atoms with van der Waals surface area (Å²) in [6.45, 7) is 4.28. The molecule has 0 aliphatic heterocycles. The van der Waals surface area contributed by atoms with Gasteiger partial charge in [-0.2, -0.15) is 0 Å². The van der Waals surface area contributed by atoms with Gasteiger partial charge in [0.2, 0.25) is 0 Å². The first-order valence-electron chi connectivity index (χ1n) is 6.51. The molecule has 0 fully saturated rings. The number of hydrogen-bond acceptors (Lipinski definition) is 1. The molecule has 0 saturated carbocycles. The minimum Gasteiger partial charge on any atom is -0.398 e. The zero-order chi connectivity index (χ0) is 13.4. The number of benzene rings is 3. The molecule has 2 N–H and O–H groups in total. The lowest BCUT2D eigenvalue weighted by molar-refractivity contribution is 1.39. The zero-order valence-electron chi connectivity index (χ0n) is 11.3. The van der Waals surface area contributed by atoms with Gasteiger partial charge in [-0.05, 0) is 42.0 Å². The highest BCUT2D eigenvalue weighted by Gasteiger charge is 2.07. The van der Waals surface area contributed by atoms with Crippen molar-refractivity contribution in [2.45, 2.75) is 13.8 Å². The van der Waals surface area contributed by atoms with Gasteiger partial charge in [0.05, 0.1) is 0 Å². The summed E-state index contributed by atoms with van der Waals surface area (Å²) in [6.07, 6.45) is 0. The van der Waals surface area contributed by atoms with E-state index in [0.717, 1.165) is 11.1 Å². The van der Waals surface area contributed by atoms with Crippen molar-refractivity contribution in [2.24, 2.45) is 0 Å². The summed E-state index contributed by atoms with van der Waals surface area (Å²) in [5.74, 6) is 0. The van der Waals surface area contributed by atoms with E-state index in [9.17, 15) is 0 Å². The summed E-state index contributed by atoms with van der Waals surface area (Å²) < 4.78 is 0. The molecule has 0 unspecified atom stereocenters. The van der Waals surface area contributed by atoms with Crippen LogP contribution in [0.5, 0.6) is 0 Å². The molecule has 0 spiro atoms. The summed E-state index contributed by atoms with van der Waals surface area (Å²) in [5.41, 5.74) is 12.0. The maximum Gasteiger partial charge on any atom is 0.0393 e. The fourth-order valence-electron chi connectivity index (χ4n) is 2.68. The topological polar surface area (TPSA) is 26.0 Å². The molecule has 3 aromatic rings. The second-order valence-electron chi connectivity index (χ2n) is 5.07. The molecule has 1 nitrogen and oxygen atoms in total. The van der Waals surface area contributed by atoms with E-state index in [-0.39, 0.29) is 0 Å². The van der Waals surface area contributed by atoms with E-state index in [1.54, 1.807) is 0 Å². The van der Waals surface area contributed by atoms with Gasteiger partial charge in [0, 0.05) is 11.1 Å². The fourth-order valence-corrected chi connectivity index (χ4v) is 2.68. The Morgan fingerprint density at radius 2 is 1.47 bits per heavy atom. The Labute approximate surface area is 113 Å². The van der Waals surface area contributed by atoms with Crippen molar-refractivity contribution < 1.29 is 0 Å². The third-order valence-electron chi connectivity index (χ3n) is 3.63. The summed E-state index contributed by atoms with van der Waals surface area (Å²) in [4.78, 5) is 0. The summed E-state index contributed by atoms with van der Waals surface area (Å²) in [6, 6.07) is 19.0. The number of anilines is 1. The molecule has 0 saturated heterocycles. The number of nitrogen functional groups attached to an aromatic ring is 1. The molecule has 1 heteroatoms. The van der Waals surface area contributed by atoms with Crippen LogP contribution in [-0.4, -0.2) is 0 Å². The van der Waals surface area contributed by atoms with Gasteiger partial charge < -0.3 is 5.73 Å². The van der Waals surface area contributed by atoms with Crippen LogP contribution in [-0.2, 0) is 0 Å². The predicted octanol–water partition coefficient (Wildman–Crippen LogP) is 4.71. The largest absolute Gasteiger partial charge is 0.398 e. The fraction of sp³-hybridized carbons (Fsp3) is 0.111. The lowest BCUT2D eigenvalue weighted by Gasteiger charge is -2.11. The Balaban J connectivity index is 2.34. The molecule has 0 atom stereocenters. The standard InChI is InChI=1S/C18H17N/c1-12-9-10-14(13(2)11-12)15-5-3-7-17-16(15)6-4-8-18(17)19/h3-11H,19H2,1-2H3. The van der Waals surface area contributed by atoms with Gasteiger partial charge in [-0.1, -0.05) is 54.1 Å². The Bertz CT molecular complexity index is 757. The van der Waals surface area contributed by atoms with E-state index in [2.05, 4.69) is 56.3 Å². The number of hydrogen-bond donors (Lipinski definition) is 1. The van der Waals surface area contributed by atoms with Gasteiger partial charge in [0.25, 0.3) is 0 Å². The highest BCUT2D eigenvalue weighted by Crippen LogP contribution is 2.33. The van der Waals surface area contributed by atoms with E-state index >= 15 is 0 Å². The molecule has 0 aliphatic carbocycles. The van der Waals surface area contributed by atoms with Crippen LogP contribution >= 0.6 is 0 Å². The summed E-state index contributed by atoms with van der Waals surface area (Å²) in [7, 11) is 0. The maximum atomic E-state index is 6.07. The molecule has 0 aliphatic rings. The molecular formula is C18H17N. The Kier molecular flexibility index (Phi) is 2.75. The minimum atomic E-state index is 0.837. The van der Waals surface area contributed by atoms with Gasteiger partial charge in [0.1, 0.15) is 0 Å². The van der Waals surface area contributed by atoms with Crippen LogP contribution in [0.4, 0.5) is 5.69 Å².